The summed E-state index contributed by atoms with van der Waals surface area (Å²) in [7, 11) is 0. The number of likely N-dealkylation sites (tertiary alicyclic amines) is 1. The van der Waals surface area contributed by atoms with Crippen LogP contribution in [-0.2, 0) is 6.54 Å². The quantitative estimate of drug-likeness (QED) is 0.887. The Balaban J connectivity index is 1.50. The molecule has 1 aliphatic carbocycles. The Morgan fingerprint density at radius 1 is 1.26 bits per heavy atom. The predicted octanol–water partition coefficient (Wildman–Crippen LogP) is 1.54. The van der Waals surface area contributed by atoms with Crippen molar-refractivity contribution in [2.45, 2.75) is 25.5 Å². The lowest BCUT2D eigenvalue weighted by atomic mass is 10.00. The summed E-state index contributed by atoms with van der Waals surface area (Å²) in [6.45, 7) is 3.05. The zero-order valence-electron chi connectivity index (χ0n) is 10.9. The first-order chi connectivity index (χ1) is 9.29. The molecule has 0 radical (unpaired) electrons. The van der Waals surface area contributed by atoms with Gasteiger partial charge >= 0.3 is 0 Å². The zero-order chi connectivity index (χ0) is 12.8. The van der Waals surface area contributed by atoms with Gasteiger partial charge in [0.05, 0.1) is 11.8 Å². The predicted molar refractivity (Wildman–Crippen MR) is 72.7 cm³/mol. The molecule has 100 valence electrons. The van der Waals surface area contributed by atoms with Gasteiger partial charge in [0.2, 0.25) is 0 Å². The zero-order valence-corrected chi connectivity index (χ0v) is 10.9. The van der Waals surface area contributed by atoms with Crippen molar-refractivity contribution in [3.63, 3.8) is 0 Å². The molecular weight excluding hydrogens is 238 g/mol. The van der Waals surface area contributed by atoms with Crippen molar-refractivity contribution in [2.75, 3.05) is 13.1 Å². The van der Waals surface area contributed by atoms with Crippen LogP contribution in [0.4, 0.5) is 0 Å². The van der Waals surface area contributed by atoms with Crippen LogP contribution in [0.25, 0.3) is 5.65 Å². The van der Waals surface area contributed by atoms with Crippen LogP contribution in [-0.4, -0.2) is 38.6 Å². The molecule has 0 spiro atoms. The van der Waals surface area contributed by atoms with Crippen LogP contribution < -0.4 is 0 Å². The lowest BCUT2D eigenvalue weighted by Gasteiger charge is -2.16. The number of aromatic nitrogens is 2. The van der Waals surface area contributed by atoms with Crippen LogP contribution in [0, 0.1) is 11.8 Å². The smallest absolute Gasteiger partial charge is 0.137 e. The highest BCUT2D eigenvalue weighted by Gasteiger charge is 2.41. The molecule has 0 amide bonds. The molecule has 2 fully saturated rings. The molecule has 1 saturated carbocycles. The van der Waals surface area contributed by atoms with E-state index in [2.05, 4.69) is 20.5 Å². The van der Waals surface area contributed by atoms with Crippen LogP contribution >= 0.6 is 0 Å². The summed E-state index contributed by atoms with van der Waals surface area (Å²) in [5.41, 5.74) is 2.14. The lowest BCUT2D eigenvalue weighted by Crippen LogP contribution is -2.24. The van der Waals surface area contributed by atoms with Gasteiger partial charge in [0.15, 0.2) is 0 Å². The van der Waals surface area contributed by atoms with E-state index in [1.807, 2.05) is 24.4 Å². The summed E-state index contributed by atoms with van der Waals surface area (Å²) >= 11 is 0. The topological polar surface area (TPSA) is 40.8 Å². The van der Waals surface area contributed by atoms with Gasteiger partial charge in [-0.3, -0.25) is 4.90 Å². The first-order valence-electron chi connectivity index (χ1n) is 7.12. The fourth-order valence-corrected chi connectivity index (χ4v) is 3.75. The minimum absolute atomic E-state index is 0.0731. The van der Waals surface area contributed by atoms with Gasteiger partial charge in [-0.05, 0) is 30.9 Å². The van der Waals surface area contributed by atoms with E-state index in [9.17, 15) is 5.11 Å². The monoisotopic (exact) mass is 257 g/mol. The molecule has 19 heavy (non-hydrogen) atoms. The first-order valence-corrected chi connectivity index (χ1v) is 7.12. The number of imidazole rings is 1. The molecule has 4 rings (SSSR count). The molecule has 3 heterocycles. The highest BCUT2D eigenvalue weighted by Crippen LogP contribution is 2.38. The Kier molecular flexibility index (Phi) is 2.60. The third-order valence-electron chi connectivity index (χ3n) is 4.69. The molecule has 1 aliphatic heterocycles. The number of hydrogen-bond acceptors (Lipinski definition) is 3. The summed E-state index contributed by atoms with van der Waals surface area (Å²) in [4.78, 5) is 7.09. The van der Waals surface area contributed by atoms with Gasteiger partial charge < -0.3 is 9.51 Å². The van der Waals surface area contributed by atoms with Crippen molar-refractivity contribution in [2.24, 2.45) is 11.8 Å². The Hall–Kier alpha value is -1.39. The fraction of sp³-hybridized carbons (Fsp3) is 0.533. The molecule has 2 aromatic heterocycles. The van der Waals surface area contributed by atoms with Gasteiger partial charge in [-0.1, -0.05) is 6.07 Å². The highest BCUT2D eigenvalue weighted by molar-refractivity contribution is 5.39. The van der Waals surface area contributed by atoms with Gasteiger partial charge in [0, 0.05) is 37.9 Å². The second kappa shape index (κ2) is 4.32. The van der Waals surface area contributed by atoms with Gasteiger partial charge in [-0.2, -0.15) is 0 Å². The molecule has 2 aromatic rings. The van der Waals surface area contributed by atoms with Crippen LogP contribution in [0.15, 0.2) is 30.6 Å². The van der Waals surface area contributed by atoms with Gasteiger partial charge in [0.1, 0.15) is 5.65 Å². The van der Waals surface area contributed by atoms with E-state index in [1.165, 1.54) is 6.42 Å². The summed E-state index contributed by atoms with van der Waals surface area (Å²) in [5.74, 6) is 1.20. The average Bonchev–Trinajstić information content (AvgIpc) is 3.06. The number of aliphatic hydroxyl groups is 1. The van der Waals surface area contributed by atoms with Crippen molar-refractivity contribution in [3.8, 4) is 0 Å². The Morgan fingerprint density at radius 2 is 2.21 bits per heavy atom. The molecule has 0 aromatic carbocycles. The van der Waals surface area contributed by atoms with Crippen LogP contribution in [0.1, 0.15) is 18.5 Å². The maximum absolute atomic E-state index is 9.95. The maximum Gasteiger partial charge on any atom is 0.137 e. The molecule has 1 saturated heterocycles. The number of fused-ring (bicyclic) bond motifs is 2. The van der Waals surface area contributed by atoms with Crippen LogP contribution in [0.5, 0.6) is 0 Å². The number of rotatable bonds is 2. The Labute approximate surface area is 112 Å². The second-order valence-corrected chi connectivity index (χ2v) is 5.96. The number of nitrogens with zero attached hydrogens (tertiary/aromatic N) is 3. The Morgan fingerprint density at radius 3 is 3.05 bits per heavy atom. The SMILES string of the molecule is OC1CCC2CN(Cc3cn4ccccc4n3)CC12. The summed E-state index contributed by atoms with van der Waals surface area (Å²) in [5, 5.41) is 9.95. The summed E-state index contributed by atoms with van der Waals surface area (Å²) in [6, 6.07) is 6.07. The van der Waals surface area contributed by atoms with Crippen molar-refractivity contribution >= 4 is 5.65 Å². The van der Waals surface area contributed by atoms with E-state index in [0.717, 1.165) is 37.4 Å². The largest absolute Gasteiger partial charge is 0.393 e. The first kappa shape index (κ1) is 11.4. The van der Waals surface area contributed by atoms with Crippen molar-refractivity contribution in [1.29, 1.82) is 0 Å². The van der Waals surface area contributed by atoms with Crippen LogP contribution in [0.2, 0.25) is 0 Å². The van der Waals surface area contributed by atoms with E-state index in [1.54, 1.807) is 0 Å². The van der Waals surface area contributed by atoms with E-state index >= 15 is 0 Å². The Bertz CT molecular complexity index is 561. The molecule has 3 unspecified atom stereocenters. The van der Waals surface area contributed by atoms with E-state index in [4.69, 9.17) is 0 Å². The van der Waals surface area contributed by atoms with Crippen molar-refractivity contribution in [1.82, 2.24) is 14.3 Å². The third kappa shape index (κ3) is 1.95. The third-order valence-corrected chi connectivity index (χ3v) is 4.69. The lowest BCUT2D eigenvalue weighted by molar-refractivity contribution is 0.123. The molecule has 2 aliphatic rings. The average molecular weight is 257 g/mol. The summed E-state index contributed by atoms with van der Waals surface area (Å²) < 4.78 is 2.07. The standard InChI is InChI=1S/C15H19N3O/c19-14-5-4-11-7-17(10-13(11)14)8-12-9-18-6-2-1-3-15(18)16-12/h1-3,6,9,11,13-14,19H,4-5,7-8,10H2. The molecule has 1 N–H and O–H groups in total. The summed E-state index contributed by atoms with van der Waals surface area (Å²) in [6.07, 6.45) is 6.26. The molecule has 4 nitrogen and oxygen atoms in total. The number of aliphatic hydroxyl groups excluding tert-OH is 1. The van der Waals surface area contributed by atoms with Gasteiger partial charge in [-0.25, -0.2) is 4.98 Å². The highest BCUT2D eigenvalue weighted by atomic mass is 16.3. The maximum atomic E-state index is 9.95. The van der Waals surface area contributed by atoms with Crippen LogP contribution in [0.3, 0.4) is 0 Å². The fourth-order valence-electron chi connectivity index (χ4n) is 3.75. The number of hydrogen-bond donors (Lipinski definition) is 1. The molecule has 4 heteroatoms. The molecular formula is C15H19N3O. The molecule has 3 atom stereocenters. The van der Waals surface area contributed by atoms with E-state index < -0.39 is 0 Å². The minimum Gasteiger partial charge on any atom is -0.393 e. The number of pyridine rings is 1. The minimum atomic E-state index is -0.0731. The molecule has 0 bridgehead atoms. The van der Waals surface area contributed by atoms with Crippen molar-refractivity contribution < 1.29 is 5.11 Å². The van der Waals surface area contributed by atoms with Gasteiger partial charge in [0.25, 0.3) is 0 Å². The van der Waals surface area contributed by atoms with Crippen molar-refractivity contribution in [3.05, 3.63) is 36.3 Å². The van der Waals surface area contributed by atoms with Gasteiger partial charge in [-0.15, -0.1) is 0 Å². The van der Waals surface area contributed by atoms with E-state index in [0.29, 0.717) is 11.8 Å². The second-order valence-electron chi connectivity index (χ2n) is 5.96. The normalized spacial score (nSPS) is 31.1. The van der Waals surface area contributed by atoms with E-state index in [-0.39, 0.29) is 6.10 Å².